The third kappa shape index (κ3) is 3.95. The second-order valence-corrected chi connectivity index (χ2v) is 6.88. The molecule has 0 aromatic carbocycles. The van der Waals surface area contributed by atoms with Crippen molar-refractivity contribution in [1.82, 2.24) is 19.7 Å². The van der Waals surface area contributed by atoms with Crippen molar-refractivity contribution in [2.45, 2.75) is 19.5 Å². The van der Waals surface area contributed by atoms with Gasteiger partial charge in [-0.05, 0) is 40.9 Å². The molecule has 6 heteroatoms. The van der Waals surface area contributed by atoms with E-state index in [0.717, 1.165) is 31.7 Å². The quantitative estimate of drug-likeness (QED) is 0.935. The van der Waals surface area contributed by atoms with Gasteiger partial charge in [0.15, 0.2) is 0 Å². The van der Waals surface area contributed by atoms with Crippen molar-refractivity contribution in [2.24, 2.45) is 7.05 Å². The van der Waals surface area contributed by atoms with Crippen LogP contribution in [0.3, 0.4) is 0 Å². The van der Waals surface area contributed by atoms with Gasteiger partial charge in [0.25, 0.3) is 0 Å². The van der Waals surface area contributed by atoms with E-state index in [1.807, 2.05) is 35.0 Å². The molecular formula is C17H24N4OS. The molecule has 23 heavy (non-hydrogen) atoms. The van der Waals surface area contributed by atoms with Gasteiger partial charge in [-0.25, -0.2) is 4.79 Å². The van der Waals surface area contributed by atoms with E-state index in [4.69, 9.17) is 0 Å². The molecule has 3 rings (SSSR count). The highest BCUT2D eigenvalue weighted by Gasteiger charge is 2.24. The minimum absolute atomic E-state index is 0.0386. The van der Waals surface area contributed by atoms with Gasteiger partial charge in [0.1, 0.15) is 0 Å². The predicted molar refractivity (Wildman–Crippen MR) is 93.5 cm³/mol. The van der Waals surface area contributed by atoms with E-state index < -0.39 is 0 Å². The van der Waals surface area contributed by atoms with E-state index >= 15 is 0 Å². The fourth-order valence-electron chi connectivity index (χ4n) is 2.99. The zero-order valence-corrected chi connectivity index (χ0v) is 14.6. The molecule has 1 N–H and O–H groups in total. The topological polar surface area (TPSA) is 40.5 Å². The molecule has 1 atom stereocenters. The summed E-state index contributed by atoms with van der Waals surface area (Å²) in [5.74, 6) is 0. The minimum atomic E-state index is 0.0386. The van der Waals surface area contributed by atoms with Crippen LogP contribution in [-0.2, 0) is 13.6 Å². The molecule has 0 saturated carbocycles. The van der Waals surface area contributed by atoms with Gasteiger partial charge in [-0.2, -0.15) is 11.3 Å². The molecule has 3 heterocycles. The van der Waals surface area contributed by atoms with Crippen molar-refractivity contribution in [1.29, 1.82) is 0 Å². The van der Waals surface area contributed by atoms with Crippen LogP contribution in [-0.4, -0.2) is 46.6 Å². The molecule has 1 unspecified atom stereocenters. The number of amides is 2. The summed E-state index contributed by atoms with van der Waals surface area (Å²) in [6.07, 6.45) is 4.02. The summed E-state index contributed by atoms with van der Waals surface area (Å²) in [5.41, 5.74) is 2.50. The molecular weight excluding hydrogens is 308 g/mol. The average Bonchev–Trinajstić information content (AvgIpc) is 3.24. The first-order valence-electron chi connectivity index (χ1n) is 8.03. The highest BCUT2D eigenvalue weighted by molar-refractivity contribution is 7.07. The van der Waals surface area contributed by atoms with Crippen LogP contribution >= 0.6 is 11.3 Å². The second-order valence-electron chi connectivity index (χ2n) is 6.10. The van der Waals surface area contributed by atoms with E-state index in [9.17, 15) is 4.79 Å². The molecule has 124 valence electrons. The van der Waals surface area contributed by atoms with Crippen LogP contribution in [0.15, 0.2) is 35.3 Å². The van der Waals surface area contributed by atoms with Crippen molar-refractivity contribution in [3.8, 4) is 0 Å². The minimum Gasteiger partial charge on any atom is -0.357 e. The van der Waals surface area contributed by atoms with Crippen molar-refractivity contribution in [3.05, 3.63) is 46.4 Å². The number of aryl methyl sites for hydroxylation is 1. The van der Waals surface area contributed by atoms with Gasteiger partial charge in [0, 0.05) is 58.2 Å². The van der Waals surface area contributed by atoms with Crippen LogP contribution in [0, 0.1) is 0 Å². The molecule has 0 spiro atoms. The normalized spacial score (nSPS) is 17.2. The monoisotopic (exact) mass is 332 g/mol. The Balaban J connectivity index is 1.45. The summed E-state index contributed by atoms with van der Waals surface area (Å²) in [4.78, 5) is 16.6. The summed E-state index contributed by atoms with van der Waals surface area (Å²) in [5, 5.41) is 7.35. The van der Waals surface area contributed by atoms with Gasteiger partial charge in [-0.1, -0.05) is 0 Å². The Kier molecular flexibility index (Phi) is 5.03. The Labute approximate surface area is 141 Å². The third-order valence-electron chi connectivity index (χ3n) is 4.51. The standard InChI is InChI=1S/C17H24N4OS/c1-14(16-4-10-23-13-16)20-6-8-21(9-7-20)17(22)18-11-15-3-5-19(2)12-15/h3-5,10,12-14H,6-9,11H2,1-2H3,(H,18,22). The molecule has 0 aliphatic carbocycles. The third-order valence-corrected chi connectivity index (χ3v) is 5.21. The van der Waals surface area contributed by atoms with Gasteiger partial charge in [0.2, 0.25) is 0 Å². The van der Waals surface area contributed by atoms with Crippen LogP contribution in [0.2, 0.25) is 0 Å². The molecule has 1 saturated heterocycles. The SMILES string of the molecule is CC(c1ccsc1)N1CCN(C(=O)NCc2ccn(C)c2)CC1. The summed E-state index contributed by atoms with van der Waals surface area (Å²) in [6.45, 7) is 6.26. The average molecular weight is 332 g/mol. The smallest absolute Gasteiger partial charge is 0.317 e. The Hall–Kier alpha value is -1.79. The Morgan fingerprint density at radius 2 is 2.09 bits per heavy atom. The number of nitrogens with one attached hydrogen (secondary N) is 1. The Bertz CT molecular complexity index is 629. The number of hydrogen-bond acceptors (Lipinski definition) is 3. The van der Waals surface area contributed by atoms with Crippen molar-refractivity contribution in [3.63, 3.8) is 0 Å². The summed E-state index contributed by atoms with van der Waals surface area (Å²) in [6, 6.07) is 4.68. The molecule has 1 fully saturated rings. The molecule has 2 aromatic heterocycles. The second kappa shape index (κ2) is 7.19. The highest BCUT2D eigenvalue weighted by Crippen LogP contribution is 2.23. The van der Waals surface area contributed by atoms with E-state index in [-0.39, 0.29) is 6.03 Å². The van der Waals surface area contributed by atoms with Gasteiger partial charge in [-0.15, -0.1) is 0 Å². The lowest BCUT2D eigenvalue weighted by Gasteiger charge is -2.37. The fraction of sp³-hybridized carbons (Fsp3) is 0.471. The summed E-state index contributed by atoms with van der Waals surface area (Å²) < 4.78 is 1.99. The zero-order valence-electron chi connectivity index (χ0n) is 13.7. The number of aromatic nitrogens is 1. The summed E-state index contributed by atoms with van der Waals surface area (Å²) in [7, 11) is 1.99. The molecule has 5 nitrogen and oxygen atoms in total. The first kappa shape index (κ1) is 16.1. The maximum absolute atomic E-state index is 12.3. The zero-order chi connectivity index (χ0) is 16.2. The number of nitrogens with zero attached hydrogens (tertiary/aromatic N) is 3. The van der Waals surface area contributed by atoms with Crippen LogP contribution in [0.5, 0.6) is 0 Å². The van der Waals surface area contributed by atoms with Crippen molar-refractivity contribution < 1.29 is 4.79 Å². The molecule has 1 aliphatic rings. The molecule has 0 bridgehead atoms. The van der Waals surface area contributed by atoms with Gasteiger partial charge < -0.3 is 14.8 Å². The first-order chi connectivity index (χ1) is 11.1. The number of thiophene rings is 1. The first-order valence-corrected chi connectivity index (χ1v) is 8.97. The van der Waals surface area contributed by atoms with E-state index in [1.165, 1.54) is 5.56 Å². The van der Waals surface area contributed by atoms with Crippen LogP contribution in [0.4, 0.5) is 4.79 Å². The van der Waals surface area contributed by atoms with E-state index in [0.29, 0.717) is 12.6 Å². The number of hydrogen-bond donors (Lipinski definition) is 1. The summed E-state index contributed by atoms with van der Waals surface area (Å²) >= 11 is 1.74. The number of urea groups is 1. The number of carbonyl (C=O) groups excluding carboxylic acids is 1. The lowest BCUT2D eigenvalue weighted by atomic mass is 10.1. The lowest BCUT2D eigenvalue weighted by molar-refractivity contribution is 0.114. The molecule has 2 amide bonds. The Morgan fingerprint density at radius 3 is 2.70 bits per heavy atom. The predicted octanol–water partition coefficient (Wildman–Crippen LogP) is 2.68. The largest absolute Gasteiger partial charge is 0.357 e. The van der Waals surface area contributed by atoms with Crippen molar-refractivity contribution >= 4 is 17.4 Å². The number of piperazine rings is 1. The van der Waals surface area contributed by atoms with Gasteiger partial charge >= 0.3 is 6.03 Å². The fourth-order valence-corrected chi connectivity index (χ4v) is 3.74. The number of carbonyl (C=O) groups is 1. The van der Waals surface area contributed by atoms with E-state index in [1.54, 1.807) is 11.3 Å². The van der Waals surface area contributed by atoms with Crippen molar-refractivity contribution in [2.75, 3.05) is 26.2 Å². The molecule has 1 aliphatic heterocycles. The molecule has 0 radical (unpaired) electrons. The van der Waals surface area contributed by atoms with Gasteiger partial charge in [-0.3, -0.25) is 4.90 Å². The Morgan fingerprint density at radius 1 is 1.30 bits per heavy atom. The van der Waals surface area contributed by atoms with Gasteiger partial charge in [0.05, 0.1) is 0 Å². The van der Waals surface area contributed by atoms with E-state index in [2.05, 4.69) is 34.0 Å². The lowest BCUT2D eigenvalue weighted by Crippen LogP contribution is -2.52. The molecule has 2 aromatic rings. The maximum atomic E-state index is 12.3. The highest BCUT2D eigenvalue weighted by atomic mass is 32.1. The van der Waals surface area contributed by atoms with Crippen LogP contribution < -0.4 is 5.32 Å². The number of rotatable bonds is 4. The maximum Gasteiger partial charge on any atom is 0.317 e. The van der Waals surface area contributed by atoms with Crippen LogP contribution in [0.25, 0.3) is 0 Å². The van der Waals surface area contributed by atoms with Crippen LogP contribution in [0.1, 0.15) is 24.1 Å².